The van der Waals surface area contributed by atoms with Gasteiger partial charge in [-0.15, -0.1) is 0 Å². The van der Waals surface area contributed by atoms with Crippen LogP contribution < -0.4 is 5.32 Å². The van der Waals surface area contributed by atoms with Gasteiger partial charge in [0.05, 0.1) is 16.6 Å². The molecule has 0 aliphatic carbocycles. The Balaban J connectivity index is 2.54. The molecular formula is C16H18N2O5. The molecule has 23 heavy (non-hydrogen) atoms. The number of nitrogens with one attached hydrogen (secondary N) is 1. The number of nitro benzene ring substituents is 1. The van der Waals surface area contributed by atoms with Crippen LogP contribution in [0.3, 0.4) is 0 Å². The average Bonchev–Trinajstić information content (AvgIpc) is 2.45. The summed E-state index contributed by atoms with van der Waals surface area (Å²) in [5.74, 6) is -1.55. The zero-order chi connectivity index (χ0) is 17.1. The van der Waals surface area contributed by atoms with E-state index in [1.165, 1.54) is 6.07 Å². The first kappa shape index (κ1) is 16.7. The van der Waals surface area contributed by atoms with Crippen molar-refractivity contribution in [2.24, 2.45) is 0 Å². The number of carbonyl (C=O) groups is 2. The molecule has 7 nitrogen and oxygen atoms in total. The Bertz CT molecular complexity index is 693. The van der Waals surface area contributed by atoms with Crippen LogP contribution in [0, 0.1) is 10.1 Å². The second kappa shape index (κ2) is 6.60. The molecule has 1 amide bonds. The lowest BCUT2D eigenvalue weighted by Gasteiger charge is -2.26. The molecule has 0 unspecified atom stereocenters. The van der Waals surface area contributed by atoms with E-state index < -0.39 is 16.8 Å². The molecule has 0 radical (unpaired) electrons. The largest absolute Gasteiger partial charge is 0.460 e. The minimum Gasteiger partial charge on any atom is -0.460 e. The Morgan fingerprint density at radius 3 is 2.65 bits per heavy atom. The first-order valence-corrected chi connectivity index (χ1v) is 7.26. The Hall–Kier alpha value is -2.70. The summed E-state index contributed by atoms with van der Waals surface area (Å²) in [5.41, 5.74) is 0.847. The van der Waals surface area contributed by atoms with Crippen LogP contribution in [0.4, 0.5) is 5.69 Å². The number of allylic oxidation sites excluding steroid dienone is 1. The molecule has 0 aromatic heterocycles. The highest BCUT2D eigenvalue weighted by Crippen LogP contribution is 2.38. The van der Waals surface area contributed by atoms with Crippen LogP contribution in [0.25, 0.3) is 0 Å². The summed E-state index contributed by atoms with van der Waals surface area (Å²) in [6, 6.07) is 6.13. The van der Waals surface area contributed by atoms with E-state index in [2.05, 4.69) is 5.32 Å². The first-order chi connectivity index (χ1) is 10.8. The molecule has 1 atom stereocenters. The van der Waals surface area contributed by atoms with Gasteiger partial charge < -0.3 is 10.1 Å². The molecular weight excluding hydrogens is 300 g/mol. The number of hydrogen-bond donors (Lipinski definition) is 1. The van der Waals surface area contributed by atoms with Crippen molar-refractivity contribution in [2.75, 3.05) is 0 Å². The van der Waals surface area contributed by atoms with Crippen LogP contribution in [-0.4, -0.2) is 22.9 Å². The fourth-order valence-electron chi connectivity index (χ4n) is 2.66. The van der Waals surface area contributed by atoms with Gasteiger partial charge in [0, 0.05) is 29.7 Å². The van der Waals surface area contributed by atoms with Gasteiger partial charge in [-0.3, -0.25) is 14.9 Å². The van der Waals surface area contributed by atoms with Gasteiger partial charge in [-0.2, -0.15) is 0 Å². The van der Waals surface area contributed by atoms with E-state index in [1.807, 2.05) is 0 Å². The number of hydrogen-bond acceptors (Lipinski definition) is 5. The van der Waals surface area contributed by atoms with Crippen molar-refractivity contribution < 1.29 is 19.2 Å². The van der Waals surface area contributed by atoms with Gasteiger partial charge in [0.2, 0.25) is 5.91 Å². The highest BCUT2D eigenvalue weighted by molar-refractivity contribution is 5.96. The number of ether oxygens (including phenoxy) is 1. The lowest BCUT2D eigenvalue weighted by atomic mass is 9.83. The maximum absolute atomic E-state index is 12.4. The van der Waals surface area contributed by atoms with E-state index in [0.29, 0.717) is 11.3 Å². The van der Waals surface area contributed by atoms with E-state index >= 15 is 0 Å². The van der Waals surface area contributed by atoms with Crippen LogP contribution in [0.2, 0.25) is 0 Å². The van der Waals surface area contributed by atoms with E-state index in [-0.39, 0.29) is 29.7 Å². The molecule has 0 saturated heterocycles. The van der Waals surface area contributed by atoms with Gasteiger partial charge >= 0.3 is 5.97 Å². The smallest absolute Gasteiger partial charge is 0.336 e. The van der Waals surface area contributed by atoms with Crippen molar-refractivity contribution in [3.8, 4) is 0 Å². The van der Waals surface area contributed by atoms with Crippen LogP contribution in [-0.2, 0) is 14.3 Å². The fourth-order valence-corrected chi connectivity index (χ4v) is 2.66. The van der Waals surface area contributed by atoms with Crippen LogP contribution in [0.1, 0.15) is 38.7 Å². The second-order valence-corrected chi connectivity index (χ2v) is 5.61. The lowest BCUT2D eigenvalue weighted by molar-refractivity contribution is -0.385. The van der Waals surface area contributed by atoms with E-state index in [0.717, 1.165) is 0 Å². The zero-order valence-corrected chi connectivity index (χ0v) is 13.2. The Kier molecular flexibility index (Phi) is 4.78. The molecule has 7 heteroatoms. The first-order valence-electron chi connectivity index (χ1n) is 7.26. The third kappa shape index (κ3) is 3.56. The zero-order valence-electron chi connectivity index (χ0n) is 13.2. The van der Waals surface area contributed by atoms with Gasteiger partial charge in [-0.05, 0) is 20.8 Å². The quantitative estimate of drug-likeness (QED) is 0.522. The number of para-hydroxylation sites is 1. The van der Waals surface area contributed by atoms with E-state index in [4.69, 9.17) is 4.74 Å². The fraction of sp³-hybridized carbons (Fsp3) is 0.375. The van der Waals surface area contributed by atoms with Crippen LogP contribution in [0.5, 0.6) is 0 Å². The Morgan fingerprint density at radius 2 is 2.04 bits per heavy atom. The number of amides is 1. The van der Waals surface area contributed by atoms with Crippen molar-refractivity contribution in [1.29, 1.82) is 0 Å². The highest BCUT2D eigenvalue weighted by Gasteiger charge is 2.36. The summed E-state index contributed by atoms with van der Waals surface area (Å²) in [6.07, 6.45) is -0.364. The molecule has 1 heterocycles. The molecule has 122 valence electrons. The Morgan fingerprint density at radius 1 is 1.39 bits per heavy atom. The van der Waals surface area contributed by atoms with E-state index in [9.17, 15) is 19.7 Å². The maximum atomic E-state index is 12.4. The predicted molar refractivity (Wildman–Crippen MR) is 82.5 cm³/mol. The molecule has 0 fully saturated rings. The van der Waals surface area contributed by atoms with Gasteiger partial charge in [0.15, 0.2) is 0 Å². The van der Waals surface area contributed by atoms with Crippen LogP contribution in [0.15, 0.2) is 35.5 Å². The minimum absolute atomic E-state index is 0.0370. The number of esters is 1. The van der Waals surface area contributed by atoms with Gasteiger partial charge in [0.25, 0.3) is 5.69 Å². The van der Waals surface area contributed by atoms with Crippen molar-refractivity contribution >= 4 is 17.6 Å². The predicted octanol–water partition coefficient (Wildman–Crippen LogP) is 2.42. The third-order valence-corrected chi connectivity index (χ3v) is 3.54. The summed E-state index contributed by atoms with van der Waals surface area (Å²) in [6.45, 7) is 5.03. The summed E-state index contributed by atoms with van der Waals surface area (Å²) in [4.78, 5) is 35.0. The van der Waals surface area contributed by atoms with Crippen molar-refractivity contribution in [3.05, 3.63) is 51.2 Å². The number of nitro groups is 1. The maximum Gasteiger partial charge on any atom is 0.336 e. The lowest BCUT2D eigenvalue weighted by Crippen LogP contribution is -2.34. The summed E-state index contributed by atoms with van der Waals surface area (Å²) in [7, 11) is 0. The molecule has 1 aliphatic rings. The van der Waals surface area contributed by atoms with Crippen molar-refractivity contribution in [1.82, 2.24) is 5.32 Å². The molecule has 0 bridgehead atoms. The molecule has 1 aromatic rings. The molecule has 1 N–H and O–H groups in total. The molecule has 0 spiro atoms. The van der Waals surface area contributed by atoms with Gasteiger partial charge in [-0.1, -0.05) is 18.2 Å². The monoisotopic (exact) mass is 318 g/mol. The summed E-state index contributed by atoms with van der Waals surface area (Å²) in [5, 5.41) is 13.9. The number of rotatable bonds is 4. The summed E-state index contributed by atoms with van der Waals surface area (Å²) < 4.78 is 5.23. The average molecular weight is 318 g/mol. The third-order valence-electron chi connectivity index (χ3n) is 3.54. The molecule has 0 saturated carbocycles. The van der Waals surface area contributed by atoms with Crippen molar-refractivity contribution in [2.45, 2.75) is 39.2 Å². The number of carbonyl (C=O) groups excluding carboxylic acids is 2. The van der Waals surface area contributed by atoms with Crippen molar-refractivity contribution in [3.63, 3.8) is 0 Å². The van der Waals surface area contributed by atoms with E-state index in [1.54, 1.807) is 39.0 Å². The minimum atomic E-state index is -0.698. The topological polar surface area (TPSA) is 98.5 Å². The standard InChI is InChI=1S/C16H18N2O5/c1-9(2)23-16(20)15-10(3)17-14(19)8-12(15)11-6-4-5-7-13(11)18(21)22/h4-7,9,12H,8H2,1-3H3,(H,17,19)/t12-/m1/s1. The van der Waals surface area contributed by atoms with Crippen LogP contribution >= 0.6 is 0 Å². The summed E-state index contributed by atoms with van der Waals surface area (Å²) >= 11 is 0. The number of nitrogens with zero attached hydrogens (tertiary/aromatic N) is 1. The normalized spacial score (nSPS) is 17.9. The molecule has 1 aliphatic heterocycles. The SMILES string of the molecule is CC1=C(C(=O)OC(C)C)[C@@H](c2ccccc2[N+](=O)[O-])CC(=O)N1. The van der Waals surface area contributed by atoms with Gasteiger partial charge in [-0.25, -0.2) is 4.79 Å². The van der Waals surface area contributed by atoms with Gasteiger partial charge in [0.1, 0.15) is 0 Å². The highest BCUT2D eigenvalue weighted by atomic mass is 16.6. The molecule has 1 aromatic carbocycles. The molecule has 2 rings (SSSR count). The Labute approximate surface area is 133 Å². The number of benzene rings is 1. The second-order valence-electron chi connectivity index (χ2n) is 5.61.